The number of nitrogens with one attached hydrogen (secondary N) is 2. The summed E-state index contributed by atoms with van der Waals surface area (Å²) in [5, 5.41) is 22.3. The molecule has 8 nitrogen and oxygen atoms in total. The van der Waals surface area contributed by atoms with Gasteiger partial charge in [-0.25, -0.2) is 4.79 Å². The van der Waals surface area contributed by atoms with E-state index in [1.807, 2.05) is 6.26 Å². The normalized spacial score (nSPS) is 14.9. The fourth-order valence-electron chi connectivity index (χ4n) is 1.32. The topological polar surface area (TPSA) is 142 Å². The van der Waals surface area contributed by atoms with E-state index in [1.54, 1.807) is 0 Å². The van der Waals surface area contributed by atoms with Crippen LogP contribution in [0.2, 0.25) is 0 Å². The van der Waals surface area contributed by atoms with Crippen LogP contribution in [0.3, 0.4) is 0 Å². The van der Waals surface area contributed by atoms with Gasteiger partial charge in [-0.3, -0.25) is 9.59 Å². The molecule has 0 unspecified atom stereocenters. The molecule has 0 radical (unpaired) electrons. The second-order valence-electron chi connectivity index (χ2n) is 4.21. The highest BCUT2D eigenvalue weighted by atomic mass is 32.2. The fraction of sp³-hybridized carbons (Fsp3) is 0.727. The quantitative estimate of drug-likeness (QED) is 0.254. The van der Waals surface area contributed by atoms with Crippen LogP contribution in [0, 0.1) is 0 Å². The van der Waals surface area contributed by atoms with Gasteiger partial charge >= 0.3 is 5.97 Å². The summed E-state index contributed by atoms with van der Waals surface area (Å²) >= 11 is 5.37. The Kier molecular flexibility index (Phi) is 10.2. The Hall–Kier alpha value is -0.970. The van der Waals surface area contributed by atoms with Gasteiger partial charge in [0, 0.05) is 5.75 Å². The molecule has 0 bridgehead atoms. The van der Waals surface area contributed by atoms with E-state index in [2.05, 4.69) is 23.3 Å². The minimum absolute atomic E-state index is 0.122. The molecule has 0 aromatic carbocycles. The zero-order valence-corrected chi connectivity index (χ0v) is 13.3. The number of carbonyl (C=O) groups is 3. The Morgan fingerprint density at radius 1 is 1.24 bits per heavy atom. The maximum absolute atomic E-state index is 12.0. The Morgan fingerprint density at radius 3 is 2.24 bits per heavy atom. The highest BCUT2D eigenvalue weighted by Crippen LogP contribution is 2.02. The van der Waals surface area contributed by atoms with E-state index >= 15 is 0 Å². The van der Waals surface area contributed by atoms with Crippen LogP contribution in [0.4, 0.5) is 0 Å². The third kappa shape index (κ3) is 7.55. The molecule has 2 amide bonds. The Bertz CT molecular complexity index is 370. The molecule has 10 heteroatoms. The van der Waals surface area contributed by atoms with Crippen LogP contribution in [0.25, 0.3) is 0 Å². The van der Waals surface area contributed by atoms with Crippen LogP contribution in [-0.2, 0) is 14.4 Å². The number of rotatable bonds is 10. The van der Waals surface area contributed by atoms with Crippen LogP contribution in [0.15, 0.2) is 0 Å². The van der Waals surface area contributed by atoms with Crippen molar-refractivity contribution in [3.05, 3.63) is 0 Å². The maximum Gasteiger partial charge on any atom is 0.328 e. The number of nitrogens with two attached hydrogens (primary N) is 1. The molecule has 6 N–H and O–H groups in total. The van der Waals surface area contributed by atoms with Crippen molar-refractivity contribution in [3.63, 3.8) is 0 Å². The number of thiol groups is 1. The molecule has 0 aliphatic heterocycles. The zero-order valence-electron chi connectivity index (χ0n) is 11.6. The molecule has 0 aliphatic rings. The van der Waals surface area contributed by atoms with Crippen molar-refractivity contribution in [3.8, 4) is 0 Å². The van der Waals surface area contributed by atoms with Crippen LogP contribution in [0.1, 0.15) is 6.42 Å². The van der Waals surface area contributed by atoms with Crippen molar-refractivity contribution in [2.75, 3.05) is 24.4 Å². The average Bonchev–Trinajstić information content (AvgIpc) is 2.46. The molecule has 0 rings (SSSR count). The molecule has 0 fully saturated rings. The molecular formula is C11H21N3O5S2. The van der Waals surface area contributed by atoms with Crippen LogP contribution in [0.5, 0.6) is 0 Å². The standard InChI is InChI=1S/C11H21N3O5S2/c1-21-3-2-7(13-9(16)6(12)5-20)10(17)14-8(4-15)11(18)19/h6-8,15,20H,2-5,12H2,1H3,(H,13,16)(H,14,17)(H,18,19)/t6-,7-,8-/m0/s1. The van der Waals surface area contributed by atoms with Gasteiger partial charge in [0.15, 0.2) is 0 Å². The van der Waals surface area contributed by atoms with Gasteiger partial charge in [0.25, 0.3) is 0 Å². The number of aliphatic hydroxyl groups is 1. The third-order valence-corrected chi connectivity index (χ3v) is 3.61. The van der Waals surface area contributed by atoms with Gasteiger partial charge in [-0.1, -0.05) is 0 Å². The second-order valence-corrected chi connectivity index (χ2v) is 5.56. The zero-order chi connectivity index (χ0) is 16.4. The summed E-state index contributed by atoms with van der Waals surface area (Å²) in [5.74, 6) is -1.86. The number of amides is 2. The Labute approximate surface area is 132 Å². The first-order valence-corrected chi connectivity index (χ1v) is 8.19. The number of aliphatic carboxylic acids is 1. The first-order chi connectivity index (χ1) is 9.87. The van der Waals surface area contributed by atoms with Crippen molar-refractivity contribution in [2.24, 2.45) is 5.73 Å². The second kappa shape index (κ2) is 10.7. The number of aliphatic hydroxyl groups excluding tert-OH is 1. The van der Waals surface area contributed by atoms with Crippen molar-refractivity contribution in [1.29, 1.82) is 0 Å². The van der Waals surface area contributed by atoms with Gasteiger partial charge in [-0.2, -0.15) is 24.4 Å². The monoisotopic (exact) mass is 339 g/mol. The fourth-order valence-corrected chi connectivity index (χ4v) is 1.96. The molecule has 0 spiro atoms. The lowest BCUT2D eigenvalue weighted by atomic mass is 10.1. The molecule has 0 aliphatic carbocycles. The van der Waals surface area contributed by atoms with Crippen LogP contribution in [-0.4, -0.2) is 70.5 Å². The molecule has 0 aromatic heterocycles. The lowest BCUT2D eigenvalue weighted by molar-refractivity contribution is -0.143. The highest BCUT2D eigenvalue weighted by Gasteiger charge is 2.26. The number of carboxylic acid groups (broad SMARTS) is 1. The molecule has 3 atom stereocenters. The van der Waals surface area contributed by atoms with Crippen LogP contribution < -0.4 is 16.4 Å². The third-order valence-electron chi connectivity index (χ3n) is 2.57. The van der Waals surface area contributed by atoms with Crippen molar-refractivity contribution in [2.45, 2.75) is 24.5 Å². The minimum Gasteiger partial charge on any atom is -0.480 e. The summed E-state index contributed by atoms with van der Waals surface area (Å²) in [6, 6.07) is -3.18. The van der Waals surface area contributed by atoms with E-state index < -0.39 is 42.5 Å². The number of hydrogen-bond acceptors (Lipinski definition) is 7. The largest absolute Gasteiger partial charge is 0.480 e. The van der Waals surface area contributed by atoms with Gasteiger partial charge in [-0.05, 0) is 18.4 Å². The van der Waals surface area contributed by atoms with Gasteiger partial charge in [0.2, 0.25) is 11.8 Å². The minimum atomic E-state index is -1.41. The average molecular weight is 339 g/mol. The summed E-state index contributed by atoms with van der Waals surface area (Å²) in [7, 11) is 0. The van der Waals surface area contributed by atoms with E-state index in [4.69, 9.17) is 15.9 Å². The molecular weight excluding hydrogens is 318 g/mol. The smallest absolute Gasteiger partial charge is 0.328 e. The SMILES string of the molecule is CSCC[C@H](NC(=O)[C@@H](N)CS)C(=O)N[C@@H](CO)C(=O)O. The maximum atomic E-state index is 12.0. The predicted molar refractivity (Wildman–Crippen MR) is 83.4 cm³/mol. The van der Waals surface area contributed by atoms with E-state index in [0.717, 1.165) is 0 Å². The lowest BCUT2D eigenvalue weighted by Crippen LogP contribution is -2.55. The molecule has 21 heavy (non-hydrogen) atoms. The predicted octanol–water partition coefficient (Wildman–Crippen LogP) is -1.96. The number of hydrogen-bond donors (Lipinski definition) is 6. The summed E-state index contributed by atoms with van der Waals surface area (Å²) in [4.78, 5) is 34.5. The number of carbonyl (C=O) groups excluding carboxylic acids is 2. The molecule has 0 saturated carbocycles. The molecule has 0 saturated heterocycles. The number of carboxylic acids is 1. The van der Waals surface area contributed by atoms with Gasteiger partial charge in [-0.15, -0.1) is 0 Å². The molecule has 0 heterocycles. The summed E-state index contributed by atoms with van der Waals surface area (Å²) in [5.41, 5.74) is 5.51. The van der Waals surface area contributed by atoms with Gasteiger partial charge in [0.05, 0.1) is 12.6 Å². The summed E-state index contributed by atoms with van der Waals surface area (Å²) < 4.78 is 0. The lowest BCUT2D eigenvalue weighted by Gasteiger charge is -2.21. The van der Waals surface area contributed by atoms with Crippen molar-refractivity contribution < 1.29 is 24.6 Å². The highest BCUT2D eigenvalue weighted by molar-refractivity contribution is 7.98. The molecule has 0 aromatic rings. The van der Waals surface area contributed by atoms with E-state index in [9.17, 15) is 14.4 Å². The van der Waals surface area contributed by atoms with E-state index in [-0.39, 0.29) is 5.75 Å². The first-order valence-electron chi connectivity index (χ1n) is 6.17. The van der Waals surface area contributed by atoms with E-state index in [0.29, 0.717) is 12.2 Å². The van der Waals surface area contributed by atoms with Gasteiger partial charge < -0.3 is 26.6 Å². The summed E-state index contributed by atoms with van der Waals surface area (Å²) in [6.45, 7) is -0.736. The van der Waals surface area contributed by atoms with Crippen molar-refractivity contribution >= 4 is 42.2 Å². The van der Waals surface area contributed by atoms with Crippen molar-refractivity contribution in [1.82, 2.24) is 10.6 Å². The first kappa shape index (κ1) is 20.0. The van der Waals surface area contributed by atoms with Crippen LogP contribution >= 0.6 is 24.4 Å². The Balaban J connectivity index is 4.76. The van der Waals surface area contributed by atoms with E-state index in [1.165, 1.54) is 11.8 Å². The Morgan fingerprint density at radius 2 is 1.81 bits per heavy atom. The number of thioether (sulfide) groups is 1. The summed E-state index contributed by atoms with van der Waals surface area (Å²) in [6.07, 6.45) is 2.15. The van der Waals surface area contributed by atoms with Gasteiger partial charge in [0.1, 0.15) is 12.1 Å². The molecule has 122 valence electrons.